The molecule has 2 aromatic rings. The van der Waals surface area contributed by atoms with Gasteiger partial charge in [0.25, 0.3) is 0 Å². The van der Waals surface area contributed by atoms with Gasteiger partial charge in [-0.25, -0.2) is 0 Å². The van der Waals surface area contributed by atoms with Gasteiger partial charge >= 0.3 is 0 Å². The Hall–Kier alpha value is -2.53. The summed E-state index contributed by atoms with van der Waals surface area (Å²) in [5.41, 5.74) is 3.23. The Morgan fingerprint density at radius 1 is 1.00 bits per heavy atom. The predicted octanol–water partition coefficient (Wildman–Crippen LogP) is 3.23. The molecule has 88 valence electrons. The number of aryl methyl sites for hydroxylation is 1. The molecule has 0 saturated carbocycles. The fraction of sp³-hybridized carbons (Fsp3) is 0.0625. The van der Waals surface area contributed by atoms with Crippen LogP contribution in [0.3, 0.4) is 0 Å². The maximum atomic E-state index is 9.01. The first-order valence-electron chi connectivity index (χ1n) is 5.66. The molecule has 0 radical (unpaired) electrons. The van der Waals surface area contributed by atoms with Crippen LogP contribution < -0.4 is 0 Å². The summed E-state index contributed by atoms with van der Waals surface area (Å²) in [7, 11) is 0. The summed E-state index contributed by atoms with van der Waals surface area (Å²) < 4.78 is 0. The summed E-state index contributed by atoms with van der Waals surface area (Å²) in [5, 5.41) is 12.3. The quantitative estimate of drug-likeness (QED) is 0.350. The standard InChI is InChI=1S/C16H13NO/c1-13-7-5-6-8-14(13)11-12-16(17-18)15-9-3-2-4-10-15/h2-10,18H,1H3. The van der Waals surface area contributed by atoms with E-state index in [4.69, 9.17) is 5.21 Å². The molecule has 2 heteroatoms. The molecule has 0 saturated heterocycles. The number of hydrogen-bond donors (Lipinski definition) is 1. The molecule has 0 bridgehead atoms. The molecule has 0 aromatic heterocycles. The minimum Gasteiger partial charge on any atom is -0.410 e. The van der Waals surface area contributed by atoms with E-state index in [9.17, 15) is 0 Å². The lowest BCUT2D eigenvalue weighted by atomic mass is 10.1. The van der Waals surface area contributed by atoms with Crippen LogP contribution in [0.15, 0.2) is 59.8 Å². The first-order chi connectivity index (χ1) is 8.81. The molecule has 2 aromatic carbocycles. The minimum absolute atomic E-state index is 0.374. The van der Waals surface area contributed by atoms with Crippen molar-refractivity contribution in [1.82, 2.24) is 0 Å². The van der Waals surface area contributed by atoms with Gasteiger partial charge in [-0.2, -0.15) is 0 Å². The Morgan fingerprint density at radius 2 is 1.67 bits per heavy atom. The van der Waals surface area contributed by atoms with Crippen molar-refractivity contribution in [2.45, 2.75) is 6.92 Å². The highest BCUT2D eigenvalue weighted by molar-refractivity contribution is 6.12. The Balaban J connectivity index is 2.32. The van der Waals surface area contributed by atoms with Gasteiger partial charge in [0, 0.05) is 11.1 Å². The van der Waals surface area contributed by atoms with Crippen LogP contribution in [0.2, 0.25) is 0 Å². The van der Waals surface area contributed by atoms with E-state index < -0.39 is 0 Å². The van der Waals surface area contributed by atoms with E-state index in [2.05, 4.69) is 17.0 Å². The Kier molecular flexibility index (Phi) is 3.78. The van der Waals surface area contributed by atoms with Crippen molar-refractivity contribution in [2.24, 2.45) is 5.16 Å². The van der Waals surface area contributed by atoms with E-state index in [0.717, 1.165) is 16.7 Å². The summed E-state index contributed by atoms with van der Waals surface area (Å²) >= 11 is 0. The average Bonchev–Trinajstić information content (AvgIpc) is 2.42. The SMILES string of the molecule is Cc1ccccc1C#CC(=NO)c1ccccc1. The van der Waals surface area contributed by atoms with Crippen LogP contribution >= 0.6 is 0 Å². The smallest absolute Gasteiger partial charge is 0.159 e. The van der Waals surface area contributed by atoms with Crippen molar-refractivity contribution in [3.05, 3.63) is 71.3 Å². The number of rotatable bonds is 1. The summed E-state index contributed by atoms with van der Waals surface area (Å²) in [4.78, 5) is 0. The molecule has 0 aliphatic carbocycles. The molecule has 0 amide bonds. The largest absolute Gasteiger partial charge is 0.410 e. The van der Waals surface area contributed by atoms with Gasteiger partial charge in [0.15, 0.2) is 5.71 Å². The number of nitrogens with zero attached hydrogens (tertiary/aromatic N) is 1. The Morgan fingerprint density at radius 3 is 2.33 bits per heavy atom. The van der Waals surface area contributed by atoms with Crippen molar-refractivity contribution >= 4 is 5.71 Å². The van der Waals surface area contributed by atoms with Gasteiger partial charge in [-0.15, -0.1) is 0 Å². The predicted molar refractivity (Wildman–Crippen MR) is 72.8 cm³/mol. The average molecular weight is 235 g/mol. The maximum Gasteiger partial charge on any atom is 0.159 e. The van der Waals surface area contributed by atoms with Crippen LogP contribution in [-0.2, 0) is 0 Å². The van der Waals surface area contributed by atoms with Crippen LogP contribution in [0.5, 0.6) is 0 Å². The molecule has 0 unspecified atom stereocenters. The molecule has 0 heterocycles. The molecule has 0 aliphatic heterocycles. The van der Waals surface area contributed by atoms with Crippen molar-refractivity contribution in [2.75, 3.05) is 0 Å². The third-order valence-corrected chi connectivity index (χ3v) is 2.61. The molecule has 1 N–H and O–H groups in total. The van der Waals surface area contributed by atoms with Gasteiger partial charge in [-0.05, 0) is 24.5 Å². The second-order valence-electron chi connectivity index (χ2n) is 3.88. The highest BCUT2D eigenvalue weighted by Crippen LogP contribution is 2.05. The van der Waals surface area contributed by atoms with Crippen LogP contribution in [0.4, 0.5) is 0 Å². The van der Waals surface area contributed by atoms with Gasteiger partial charge in [0.2, 0.25) is 0 Å². The van der Waals surface area contributed by atoms with E-state index in [1.165, 1.54) is 0 Å². The van der Waals surface area contributed by atoms with Crippen molar-refractivity contribution in [3.8, 4) is 11.8 Å². The first kappa shape index (κ1) is 11.9. The fourth-order valence-electron chi connectivity index (χ4n) is 1.59. The van der Waals surface area contributed by atoms with Crippen LogP contribution in [0.1, 0.15) is 16.7 Å². The molecule has 0 spiro atoms. The number of benzene rings is 2. The van der Waals surface area contributed by atoms with E-state index >= 15 is 0 Å². The van der Waals surface area contributed by atoms with Gasteiger partial charge in [-0.3, -0.25) is 0 Å². The van der Waals surface area contributed by atoms with E-state index in [0.29, 0.717) is 5.71 Å². The summed E-state index contributed by atoms with van der Waals surface area (Å²) in [6.07, 6.45) is 0. The van der Waals surface area contributed by atoms with Crippen molar-refractivity contribution in [1.29, 1.82) is 0 Å². The zero-order valence-corrected chi connectivity index (χ0v) is 10.1. The van der Waals surface area contributed by atoms with Gasteiger partial charge in [0.1, 0.15) is 0 Å². The zero-order chi connectivity index (χ0) is 12.8. The molecule has 0 fully saturated rings. The summed E-state index contributed by atoms with van der Waals surface area (Å²) in [6.45, 7) is 2.00. The van der Waals surface area contributed by atoms with Gasteiger partial charge in [0.05, 0.1) is 0 Å². The highest BCUT2D eigenvalue weighted by Gasteiger charge is 1.99. The van der Waals surface area contributed by atoms with Crippen LogP contribution in [-0.4, -0.2) is 10.9 Å². The van der Waals surface area contributed by atoms with Crippen molar-refractivity contribution < 1.29 is 5.21 Å². The van der Waals surface area contributed by atoms with Gasteiger partial charge in [-0.1, -0.05) is 59.6 Å². The molecule has 2 nitrogen and oxygen atoms in total. The van der Waals surface area contributed by atoms with E-state index in [1.807, 2.05) is 61.5 Å². The third kappa shape index (κ3) is 2.78. The number of hydrogen-bond acceptors (Lipinski definition) is 2. The molecule has 0 aliphatic rings. The first-order valence-corrected chi connectivity index (χ1v) is 5.66. The van der Waals surface area contributed by atoms with E-state index in [-0.39, 0.29) is 0 Å². The normalized spacial score (nSPS) is 10.6. The Labute approximate surface area is 107 Å². The maximum absolute atomic E-state index is 9.01. The number of oxime groups is 1. The topological polar surface area (TPSA) is 32.6 Å². The molecule has 2 rings (SSSR count). The summed E-state index contributed by atoms with van der Waals surface area (Å²) in [6, 6.07) is 17.3. The zero-order valence-electron chi connectivity index (χ0n) is 10.1. The lowest BCUT2D eigenvalue weighted by molar-refractivity contribution is 0.320. The monoisotopic (exact) mass is 235 g/mol. The van der Waals surface area contributed by atoms with Gasteiger partial charge < -0.3 is 5.21 Å². The molecule has 0 atom stereocenters. The summed E-state index contributed by atoms with van der Waals surface area (Å²) in [5.74, 6) is 5.91. The third-order valence-electron chi connectivity index (χ3n) is 2.61. The molecular formula is C16H13NO. The fourth-order valence-corrected chi connectivity index (χ4v) is 1.59. The Bertz CT molecular complexity index is 618. The lowest BCUT2D eigenvalue weighted by Crippen LogP contribution is -1.97. The second-order valence-corrected chi connectivity index (χ2v) is 3.88. The molecular weight excluding hydrogens is 222 g/mol. The van der Waals surface area contributed by atoms with Crippen LogP contribution in [0, 0.1) is 18.8 Å². The van der Waals surface area contributed by atoms with Crippen molar-refractivity contribution in [3.63, 3.8) is 0 Å². The second kappa shape index (κ2) is 5.70. The van der Waals surface area contributed by atoms with Crippen LogP contribution in [0.25, 0.3) is 0 Å². The molecule has 18 heavy (non-hydrogen) atoms. The highest BCUT2D eigenvalue weighted by atomic mass is 16.4. The lowest BCUT2D eigenvalue weighted by Gasteiger charge is -1.97. The minimum atomic E-state index is 0.374. The van der Waals surface area contributed by atoms with E-state index in [1.54, 1.807) is 0 Å².